The number of hydrogen-bond donors (Lipinski definition) is 17. The van der Waals surface area contributed by atoms with Crippen molar-refractivity contribution in [3.8, 4) is 0 Å². The number of anilines is 11. The lowest BCUT2D eigenvalue weighted by molar-refractivity contribution is -0.121. The first-order chi connectivity index (χ1) is 63.2. The Bertz CT molecular complexity index is 6570. The van der Waals surface area contributed by atoms with E-state index in [4.69, 9.17) is 0 Å². The molecule has 0 saturated heterocycles. The van der Waals surface area contributed by atoms with Gasteiger partial charge in [0.25, 0.3) is 65.0 Å². The van der Waals surface area contributed by atoms with Crippen LogP contribution in [0.5, 0.6) is 0 Å². The first-order valence-corrected chi connectivity index (χ1v) is 41.3. The van der Waals surface area contributed by atoms with E-state index in [9.17, 15) is 76.7 Å². The topological polar surface area (TPSA) is 598 Å². The molecule has 696 valence electrons. The van der Waals surface area contributed by atoms with Crippen molar-refractivity contribution in [2.24, 2.45) is 70.5 Å². The van der Waals surface area contributed by atoms with Crippen molar-refractivity contribution in [3.63, 3.8) is 0 Å². The number of carbonyl (C=O) groups is 16. The molecule has 12 aromatic rings. The summed E-state index contributed by atoms with van der Waals surface area (Å²) in [7, 11) is 19.6. The van der Waals surface area contributed by atoms with Gasteiger partial charge in [-0.15, -0.1) is 0 Å². The predicted molar refractivity (Wildman–Crippen MR) is 486 cm³/mol. The van der Waals surface area contributed by atoms with E-state index < -0.39 is 76.8 Å². The summed E-state index contributed by atoms with van der Waals surface area (Å²) in [5.41, 5.74) is 3.44. The van der Waals surface area contributed by atoms with Gasteiger partial charge < -0.3 is 141 Å². The molecule has 0 radical (unpaired) electrons. The molecule has 0 bridgehead atoms. The second-order valence-corrected chi connectivity index (χ2v) is 31.3. The summed E-state index contributed by atoms with van der Waals surface area (Å²) in [5, 5.41) is 43.7. The van der Waals surface area contributed by atoms with Gasteiger partial charge in [0.15, 0.2) is 29.1 Å². The van der Waals surface area contributed by atoms with Gasteiger partial charge in [-0.3, -0.25) is 76.7 Å². The molecule has 0 aliphatic heterocycles. The van der Waals surface area contributed by atoms with Crippen LogP contribution in [0.2, 0.25) is 0 Å². The minimum atomic E-state index is -0.740. The summed E-state index contributed by atoms with van der Waals surface area (Å²) in [6.07, 6.45) is 15.4. The van der Waals surface area contributed by atoms with E-state index in [0.717, 1.165) is 18.4 Å². The average Bonchev–Trinajstić information content (AvgIpc) is 1.63. The molecule has 0 unspecified atom stereocenters. The summed E-state index contributed by atoms with van der Waals surface area (Å²) in [6.45, 7) is 2.68. The highest BCUT2D eigenvalue weighted by molar-refractivity contribution is 6.11. The standard InChI is InChI=1S/C84H99N33O16/c1-45(118)90-60-40-115(11)71(99-60)82(131)95-51-32-55(108(4)38-51)75(124)88-25-21-68(122)98-61-41-116(12)73(100-61)84(133)106-64-44-117(13)72(103-64)83(132)96-52-34-59(112(8)39-52)79(128)105-62-42-113(9)69(101-62)80(129)86-22-14-16-66(120)91-48-31-58(110(6)35-48)78(127)104-63-43-114(10)70(102-63)81(130)89-26-20-67(121)92-49-30-56(109(5)36-49)77(126)94-50-33-57(111(7)37-50)76(125)93-47-18-17-46-28-54(97-53(46)29-47)74(123)87-24-19-65(119)85-23-15-27-107(2)3/h17-18,28-44,97H,14-16,19-27H2,1-13H3,(H,85,119)(H,86,129)(H,87,123)(H,88,124)(H,89,130)(H,90,118)(H,91,120)(H,92,121)(H,93,125)(H,94,126)(H,95,131)(H,96,132)(H,98,122)(H,104,127)(H,105,128)(H,106,133). The number of fused-ring (bicyclic) bond motifs is 1. The van der Waals surface area contributed by atoms with Gasteiger partial charge in [-0.25, -0.2) is 24.9 Å². The Morgan fingerprint density at radius 2 is 0.602 bits per heavy atom. The normalized spacial score (nSPS) is 11.1. The van der Waals surface area contributed by atoms with Crippen LogP contribution in [0.3, 0.4) is 0 Å². The second-order valence-electron chi connectivity index (χ2n) is 31.3. The van der Waals surface area contributed by atoms with E-state index in [-0.39, 0.29) is 185 Å². The smallest absolute Gasteiger partial charge is 0.292 e. The molecular formula is C84H99N33O16. The highest BCUT2D eigenvalue weighted by atomic mass is 16.2. The van der Waals surface area contributed by atoms with Crippen LogP contribution in [-0.4, -0.2) is 228 Å². The maximum atomic E-state index is 13.6. The summed E-state index contributed by atoms with van der Waals surface area (Å²) >= 11 is 0. The van der Waals surface area contributed by atoms with Crippen molar-refractivity contribution in [3.05, 3.63) is 180 Å². The zero-order valence-electron chi connectivity index (χ0n) is 74.6. The molecule has 16 amide bonds. The first kappa shape index (κ1) is 94.8. The van der Waals surface area contributed by atoms with Crippen LogP contribution in [0.4, 0.5) is 63.2 Å². The van der Waals surface area contributed by atoms with Gasteiger partial charge in [0.1, 0.15) is 34.2 Å². The van der Waals surface area contributed by atoms with Gasteiger partial charge in [-0.1, -0.05) is 6.07 Å². The van der Waals surface area contributed by atoms with Crippen LogP contribution in [0.25, 0.3) is 10.9 Å². The molecule has 0 atom stereocenters. The number of nitrogens with one attached hydrogen (secondary N) is 17. The Balaban J connectivity index is 0.519. The van der Waals surface area contributed by atoms with Crippen LogP contribution in [0.15, 0.2) is 117 Å². The fraction of sp³-hybridized carbons (Fsp3) is 0.298. The highest BCUT2D eigenvalue weighted by Crippen LogP contribution is 2.26. The SMILES string of the molecule is CC(=O)Nc1cn(C)c(C(=O)Nc2cc(C(=O)NCCC(=O)Nc3cn(C)c(C(=O)Nc4cn(C)c(C(=O)Nc5cc(C(=O)Nc6cn(C)c(C(=O)NCCCC(=O)Nc7cc(C(=O)Nc8cn(C)c(C(=O)NCCC(=O)Nc9cc(C(=O)Nc%10cc(C(=O)Nc%11ccc%12cc(C(=O)NCCC(=O)NCCCN(C)C)[nH]c%12c%11)n(C)c%10)n(C)c9)n8)n(C)c7)n6)n(C)c5)n4)n3)n(C)c2)n1. The molecule has 12 rings (SSSR count). The maximum Gasteiger partial charge on any atom is 0.292 e. The molecule has 11 heterocycles. The molecule has 0 saturated carbocycles. The Labute approximate surface area is 756 Å². The van der Waals surface area contributed by atoms with Gasteiger partial charge in [0.2, 0.25) is 58.7 Å². The Kier molecular flexibility index (Phi) is 29.7. The number of amides is 16. The van der Waals surface area contributed by atoms with Crippen molar-refractivity contribution in [1.82, 2.24) is 107 Å². The molecule has 1 aromatic carbocycles. The number of aromatic nitrogens is 16. The average molecular weight is 1830 g/mol. The summed E-state index contributed by atoms with van der Waals surface area (Å²) in [4.78, 5) is 236. The monoisotopic (exact) mass is 1830 g/mol. The Hall–Kier alpha value is -17.3. The van der Waals surface area contributed by atoms with Crippen molar-refractivity contribution in [2.75, 3.05) is 112 Å². The third kappa shape index (κ3) is 24.5. The summed E-state index contributed by atoms with van der Waals surface area (Å²) < 4.78 is 14.3. The van der Waals surface area contributed by atoms with Crippen molar-refractivity contribution in [1.29, 1.82) is 0 Å². The zero-order valence-corrected chi connectivity index (χ0v) is 74.6. The third-order valence-electron chi connectivity index (χ3n) is 20.2. The van der Waals surface area contributed by atoms with E-state index in [1.165, 1.54) is 160 Å². The van der Waals surface area contributed by atoms with Crippen LogP contribution in [0, 0.1) is 0 Å². The molecular weight excluding hydrogens is 1730 g/mol. The van der Waals surface area contributed by atoms with E-state index in [1.807, 2.05) is 19.0 Å². The lowest BCUT2D eigenvalue weighted by Gasteiger charge is -2.10. The Morgan fingerprint density at radius 1 is 0.286 bits per heavy atom. The minimum absolute atomic E-state index is 0.00999. The van der Waals surface area contributed by atoms with Crippen molar-refractivity contribution >= 4 is 169 Å². The van der Waals surface area contributed by atoms with Crippen molar-refractivity contribution < 1.29 is 76.7 Å². The number of H-pyrrole nitrogens is 1. The molecule has 49 nitrogen and oxygen atoms in total. The van der Waals surface area contributed by atoms with E-state index in [1.54, 1.807) is 79.8 Å². The van der Waals surface area contributed by atoms with Crippen LogP contribution >= 0.6 is 0 Å². The summed E-state index contributed by atoms with van der Waals surface area (Å²) in [5.74, 6) is -8.68. The zero-order chi connectivity index (χ0) is 95.9. The fourth-order valence-electron chi connectivity index (χ4n) is 13.8. The number of carbonyl (C=O) groups excluding carboxylic acids is 16. The summed E-state index contributed by atoms with van der Waals surface area (Å²) in [6, 6.07) is 14.0. The minimum Gasteiger partial charge on any atom is -0.356 e. The van der Waals surface area contributed by atoms with Gasteiger partial charge in [-0.2, -0.15) is 0 Å². The third-order valence-corrected chi connectivity index (χ3v) is 20.2. The van der Waals surface area contributed by atoms with Gasteiger partial charge in [0, 0.05) is 214 Å². The fourth-order valence-corrected chi connectivity index (χ4v) is 13.8. The van der Waals surface area contributed by atoms with E-state index in [0.29, 0.717) is 29.1 Å². The maximum absolute atomic E-state index is 13.6. The number of aromatic amines is 1. The van der Waals surface area contributed by atoms with Crippen LogP contribution < -0.4 is 85.1 Å². The quantitative estimate of drug-likeness (QED) is 0.0246. The first-order valence-electron chi connectivity index (χ1n) is 41.3. The number of rotatable bonds is 39. The van der Waals surface area contributed by atoms with Gasteiger partial charge in [0.05, 0.1) is 28.4 Å². The molecule has 0 spiro atoms. The number of imidazole rings is 5. The van der Waals surface area contributed by atoms with Crippen molar-refractivity contribution in [2.45, 2.75) is 45.4 Å². The predicted octanol–water partition coefficient (Wildman–Crippen LogP) is 3.11. The van der Waals surface area contributed by atoms with E-state index >= 15 is 0 Å². The van der Waals surface area contributed by atoms with Gasteiger partial charge in [-0.05, 0) is 82.0 Å². The molecule has 133 heavy (non-hydrogen) atoms. The molecule has 0 fully saturated rings. The highest BCUT2D eigenvalue weighted by Gasteiger charge is 2.28. The van der Waals surface area contributed by atoms with E-state index in [2.05, 4.69) is 115 Å². The van der Waals surface area contributed by atoms with Crippen LogP contribution in [-0.2, 0) is 94.4 Å². The number of nitrogens with zero attached hydrogens (tertiary/aromatic N) is 16. The number of hydrogen-bond acceptors (Lipinski definition) is 22. The molecule has 17 N–H and O–H groups in total. The Morgan fingerprint density at radius 3 is 1.03 bits per heavy atom. The molecule has 11 aromatic heterocycles. The lowest BCUT2D eigenvalue weighted by Crippen LogP contribution is -2.32. The second kappa shape index (κ2) is 41.6. The number of benzene rings is 1. The van der Waals surface area contributed by atoms with Crippen LogP contribution in [0.1, 0.15) is 161 Å². The molecule has 0 aliphatic carbocycles. The lowest BCUT2D eigenvalue weighted by atomic mass is 10.2. The molecule has 49 heteroatoms. The van der Waals surface area contributed by atoms with Gasteiger partial charge >= 0.3 is 0 Å². The largest absolute Gasteiger partial charge is 0.356 e. The number of aryl methyl sites for hydroxylation is 10. The molecule has 0 aliphatic rings.